The zero-order valence-corrected chi connectivity index (χ0v) is 12.4. The standard InChI is InChI=1S/C15H18N2O2S/c1-2-20-15-16-13-8-4-3-7-12(13)14(18)17(15)10-11-6-5-9-19-11/h3-4,7-8,11H,2,5-6,9-10H2,1H3/t11-/m1/s1. The maximum atomic E-state index is 12.7. The highest BCUT2D eigenvalue weighted by Gasteiger charge is 2.19. The molecule has 1 aliphatic heterocycles. The Kier molecular flexibility index (Phi) is 4.08. The molecular weight excluding hydrogens is 272 g/mol. The Morgan fingerprint density at radius 1 is 1.45 bits per heavy atom. The van der Waals surface area contributed by atoms with Gasteiger partial charge in [-0.3, -0.25) is 9.36 Å². The van der Waals surface area contributed by atoms with Gasteiger partial charge in [-0.2, -0.15) is 0 Å². The van der Waals surface area contributed by atoms with Gasteiger partial charge in [-0.15, -0.1) is 0 Å². The first-order chi connectivity index (χ1) is 9.79. The summed E-state index contributed by atoms with van der Waals surface area (Å²) in [6.07, 6.45) is 2.25. The zero-order chi connectivity index (χ0) is 13.9. The SMILES string of the molecule is CCSc1nc2ccccc2c(=O)n1C[C@H]1CCCO1. The Bertz CT molecular complexity index is 662. The fourth-order valence-electron chi connectivity index (χ4n) is 2.54. The van der Waals surface area contributed by atoms with Gasteiger partial charge in [-0.1, -0.05) is 30.8 Å². The number of aromatic nitrogens is 2. The zero-order valence-electron chi connectivity index (χ0n) is 11.5. The summed E-state index contributed by atoms with van der Waals surface area (Å²) < 4.78 is 7.44. The molecule has 4 nitrogen and oxygen atoms in total. The molecule has 2 heterocycles. The van der Waals surface area contributed by atoms with Crippen LogP contribution < -0.4 is 5.56 Å². The first-order valence-corrected chi connectivity index (χ1v) is 8.02. The van der Waals surface area contributed by atoms with Crippen LogP contribution in [0.25, 0.3) is 10.9 Å². The van der Waals surface area contributed by atoms with Crippen molar-refractivity contribution in [2.75, 3.05) is 12.4 Å². The molecule has 0 amide bonds. The van der Waals surface area contributed by atoms with E-state index in [-0.39, 0.29) is 11.7 Å². The molecule has 0 spiro atoms. The average molecular weight is 290 g/mol. The van der Waals surface area contributed by atoms with Crippen molar-refractivity contribution in [3.63, 3.8) is 0 Å². The van der Waals surface area contributed by atoms with E-state index in [1.807, 2.05) is 24.3 Å². The van der Waals surface area contributed by atoms with E-state index >= 15 is 0 Å². The van der Waals surface area contributed by atoms with Crippen molar-refractivity contribution < 1.29 is 4.74 Å². The highest BCUT2D eigenvalue weighted by atomic mass is 32.2. The molecule has 20 heavy (non-hydrogen) atoms. The summed E-state index contributed by atoms with van der Waals surface area (Å²) in [5.41, 5.74) is 0.819. The molecule has 0 saturated carbocycles. The summed E-state index contributed by atoms with van der Waals surface area (Å²) in [6, 6.07) is 7.54. The van der Waals surface area contributed by atoms with Crippen molar-refractivity contribution in [2.24, 2.45) is 0 Å². The predicted molar refractivity (Wildman–Crippen MR) is 81.4 cm³/mol. The summed E-state index contributed by atoms with van der Waals surface area (Å²) in [7, 11) is 0. The molecule has 1 fully saturated rings. The lowest BCUT2D eigenvalue weighted by atomic mass is 10.2. The van der Waals surface area contributed by atoms with Crippen LogP contribution in [-0.2, 0) is 11.3 Å². The average Bonchev–Trinajstić information content (AvgIpc) is 2.96. The number of rotatable bonds is 4. The smallest absolute Gasteiger partial charge is 0.262 e. The summed E-state index contributed by atoms with van der Waals surface area (Å²) in [5.74, 6) is 0.899. The van der Waals surface area contributed by atoms with E-state index in [2.05, 4.69) is 11.9 Å². The summed E-state index contributed by atoms with van der Waals surface area (Å²) in [5, 5.41) is 1.48. The van der Waals surface area contributed by atoms with Gasteiger partial charge in [0.1, 0.15) is 0 Å². The van der Waals surface area contributed by atoms with Gasteiger partial charge in [0.2, 0.25) is 0 Å². The second-order valence-corrected chi connectivity index (χ2v) is 6.13. The van der Waals surface area contributed by atoms with Crippen molar-refractivity contribution in [3.8, 4) is 0 Å². The lowest BCUT2D eigenvalue weighted by Gasteiger charge is -2.16. The highest BCUT2D eigenvalue weighted by molar-refractivity contribution is 7.99. The van der Waals surface area contributed by atoms with Gasteiger partial charge < -0.3 is 4.74 Å². The second kappa shape index (κ2) is 5.97. The Morgan fingerprint density at radius 2 is 2.30 bits per heavy atom. The number of hydrogen-bond acceptors (Lipinski definition) is 4. The van der Waals surface area contributed by atoms with Crippen LogP contribution in [0.1, 0.15) is 19.8 Å². The molecule has 1 atom stereocenters. The van der Waals surface area contributed by atoms with Crippen LogP contribution in [0.5, 0.6) is 0 Å². The van der Waals surface area contributed by atoms with Crippen molar-refractivity contribution >= 4 is 22.7 Å². The number of para-hydroxylation sites is 1. The van der Waals surface area contributed by atoms with Crippen LogP contribution in [0.2, 0.25) is 0 Å². The van der Waals surface area contributed by atoms with Crippen molar-refractivity contribution in [3.05, 3.63) is 34.6 Å². The molecule has 5 heteroatoms. The molecule has 3 rings (SSSR count). The van der Waals surface area contributed by atoms with Crippen LogP contribution in [0, 0.1) is 0 Å². The third kappa shape index (κ3) is 2.60. The number of thioether (sulfide) groups is 1. The second-order valence-electron chi connectivity index (χ2n) is 4.90. The van der Waals surface area contributed by atoms with Gasteiger partial charge >= 0.3 is 0 Å². The first-order valence-electron chi connectivity index (χ1n) is 7.03. The quantitative estimate of drug-likeness (QED) is 0.641. The number of fused-ring (bicyclic) bond motifs is 1. The summed E-state index contributed by atoms with van der Waals surface area (Å²) in [4.78, 5) is 17.3. The first kappa shape index (κ1) is 13.6. The molecule has 1 saturated heterocycles. The molecule has 1 aliphatic rings. The fourth-order valence-corrected chi connectivity index (χ4v) is 3.27. The highest BCUT2D eigenvalue weighted by Crippen LogP contribution is 2.20. The molecule has 1 aromatic heterocycles. The molecule has 0 N–H and O–H groups in total. The lowest BCUT2D eigenvalue weighted by molar-refractivity contribution is 0.0937. The molecule has 0 bridgehead atoms. The van der Waals surface area contributed by atoms with E-state index in [0.717, 1.165) is 35.9 Å². The van der Waals surface area contributed by atoms with E-state index in [1.54, 1.807) is 16.3 Å². The number of benzene rings is 1. The van der Waals surface area contributed by atoms with Gasteiger partial charge in [-0.05, 0) is 30.7 Å². The van der Waals surface area contributed by atoms with Crippen LogP contribution >= 0.6 is 11.8 Å². The van der Waals surface area contributed by atoms with Gasteiger partial charge in [0.05, 0.1) is 23.6 Å². The van der Waals surface area contributed by atoms with Crippen molar-refractivity contribution in [2.45, 2.75) is 37.6 Å². The van der Waals surface area contributed by atoms with Crippen molar-refractivity contribution in [1.82, 2.24) is 9.55 Å². The van der Waals surface area contributed by atoms with Gasteiger partial charge in [0, 0.05) is 6.61 Å². The largest absolute Gasteiger partial charge is 0.376 e. The number of hydrogen-bond donors (Lipinski definition) is 0. The number of nitrogens with zero attached hydrogens (tertiary/aromatic N) is 2. The molecule has 106 valence electrons. The Hall–Kier alpha value is -1.33. The molecule has 0 aliphatic carbocycles. The van der Waals surface area contributed by atoms with Crippen molar-refractivity contribution in [1.29, 1.82) is 0 Å². The van der Waals surface area contributed by atoms with Crippen LogP contribution in [-0.4, -0.2) is 28.0 Å². The van der Waals surface area contributed by atoms with Crippen LogP contribution in [0.15, 0.2) is 34.2 Å². The monoisotopic (exact) mass is 290 g/mol. The molecule has 0 radical (unpaired) electrons. The predicted octanol–water partition coefficient (Wildman–Crippen LogP) is 2.69. The van der Waals surface area contributed by atoms with Crippen LogP contribution in [0.4, 0.5) is 0 Å². The Balaban J connectivity index is 2.08. The number of ether oxygens (including phenoxy) is 1. The van der Waals surface area contributed by atoms with E-state index in [0.29, 0.717) is 11.9 Å². The van der Waals surface area contributed by atoms with E-state index < -0.39 is 0 Å². The minimum absolute atomic E-state index is 0.0436. The Labute approximate surface area is 122 Å². The fraction of sp³-hybridized carbons (Fsp3) is 0.467. The van der Waals surface area contributed by atoms with E-state index in [4.69, 9.17) is 4.74 Å². The minimum Gasteiger partial charge on any atom is -0.376 e. The topological polar surface area (TPSA) is 44.1 Å². The third-order valence-electron chi connectivity index (χ3n) is 3.51. The normalized spacial score (nSPS) is 18.8. The third-order valence-corrected chi connectivity index (χ3v) is 4.37. The van der Waals surface area contributed by atoms with Gasteiger partial charge in [0.25, 0.3) is 5.56 Å². The van der Waals surface area contributed by atoms with Gasteiger partial charge in [-0.25, -0.2) is 4.98 Å². The molecule has 1 aromatic carbocycles. The minimum atomic E-state index is 0.0436. The Morgan fingerprint density at radius 3 is 3.05 bits per heavy atom. The summed E-state index contributed by atoms with van der Waals surface area (Å²) in [6.45, 7) is 3.48. The maximum absolute atomic E-state index is 12.7. The molecular formula is C15H18N2O2S. The van der Waals surface area contributed by atoms with Gasteiger partial charge in [0.15, 0.2) is 5.16 Å². The molecule has 2 aromatic rings. The van der Waals surface area contributed by atoms with E-state index in [9.17, 15) is 4.79 Å². The lowest BCUT2D eigenvalue weighted by Crippen LogP contribution is -2.28. The van der Waals surface area contributed by atoms with Crippen LogP contribution in [0.3, 0.4) is 0 Å². The summed E-state index contributed by atoms with van der Waals surface area (Å²) >= 11 is 1.61. The molecule has 0 unspecified atom stereocenters. The maximum Gasteiger partial charge on any atom is 0.262 e. The van der Waals surface area contributed by atoms with E-state index in [1.165, 1.54) is 0 Å².